The summed E-state index contributed by atoms with van der Waals surface area (Å²) in [5, 5.41) is 2.75. The molecule has 102 valence electrons. The lowest BCUT2D eigenvalue weighted by atomic mass is 10.2. The summed E-state index contributed by atoms with van der Waals surface area (Å²) < 4.78 is 26.8. The molecular formula is C12H15N3O2S2. The van der Waals surface area contributed by atoms with Gasteiger partial charge in [0.05, 0.1) is 22.1 Å². The predicted octanol–water partition coefficient (Wildman–Crippen LogP) is 1.82. The minimum atomic E-state index is -3.56. The van der Waals surface area contributed by atoms with Gasteiger partial charge in [-0.3, -0.25) is 0 Å². The van der Waals surface area contributed by atoms with E-state index in [2.05, 4.69) is 9.71 Å². The van der Waals surface area contributed by atoms with Gasteiger partial charge in [0.2, 0.25) is 10.0 Å². The number of hydrogen-bond donors (Lipinski definition) is 2. The van der Waals surface area contributed by atoms with Crippen LogP contribution < -0.4 is 10.5 Å². The van der Waals surface area contributed by atoms with E-state index in [1.807, 2.05) is 12.3 Å². The summed E-state index contributed by atoms with van der Waals surface area (Å²) in [5.74, 6) is 0. The van der Waals surface area contributed by atoms with E-state index in [1.54, 1.807) is 19.1 Å². The zero-order chi connectivity index (χ0) is 14.0. The van der Waals surface area contributed by atoms with Gasteiger partial charge in [-0.15, -0.1) is 11.3 Å². The molecule has 0 spiro atoms. The molecule has 1 heterocycles. The first-order valence-corrected chi connectivity index (χ1v) is 8.01. The fraction of sp³-hybridized carbons (Fsp3) is 0.250. The lowest BCUT2D eigenvalue weighted by Gasteiger charge is -2.07. The van der Waals surface area contributed by atoms with Crippen LogP contribution in [0.4, 0.5) is 5.69 Å². The highest BCUT2D eigenvalue weighted by Crippen LogP contribution is 2.16. The number of nitrogens with one attached hydrogen (secondary N) is 1. The Morgan fingerprint density at radius 1 is 1.32 bits per heavy atom. The fourth-order valence-electron chi connectivity index (χ4n) is 1.67. The quantitative estimate of drug-likeness (QED) is 0.843. The maximum atomic E-state index is 12.1. The van der Waals surface area contributed by atoms with E-state index in [0.29, 0.717) is 11.4 Å². The maximum absolute atomic E-state index is 12.1. The minimum absolute atomic E-state index is 0.178. The molecule has 2 aromatic rings. The van der Waals surface area contributed by atoms with E-state index in [1.165, 1.54) is 17.4 Å². The lowest BCUT2D eigenvalue weighted by Crippen LogP contribution is -2.23. The fourth-order valence-corrected chi connectivity index (χ4v) is 3.42. The van der Waals surface area contributed by atoms with E-state index in [4.69, 9.17) is 5.73 Å². The highest BCUT2D eigenvalue weighted by molar-refractivity contribution is 7.89. The topological polar surface area (TPSA) is 85.1 Å². The molecule has 2 rings (SSSR count). The third-order valence-corrected chi connectivity index (χ3v) is 4.70. The molecule has 0 amide bonds. The number of aryl methyl sites for hydroxylation is 2. The number of nitrogens with two attached hydrogens (primary N) is 1. The van der Waals surface area contributed by atoms with Gasteiger partial charge in [0.25, 0.3) is 0 Å². The van der Waals surface area contributed by atoms with E-state index in [9.17, 15) is 8.42 Å². The molecule has 7 heteroatoms. The molecule has 1 aromatic carbocycles. The van der Waals surface area contributed by atoms with Crippen LogP contribution in [0.15, 0.2) is 28.5 Å². The molecular weight excluding hydrogens is 282 g/mol. The zero-order valence-corrected chi connectivity index (χ0v) is 12.3. The average molecular weight is 297 g/mol. The van der Waals surface area contributed by atoms with Gasteiger partial charge < -0.3 is 5.73 Å². The van der Waals surface area contributed by atoms with Gasteiger partial charge in [-0.05, 0) is 37.6 Å². The van der Waals surface area contributed by atoms with Gasteiger partial charge in [0.1, 0.15) is 0 Å². The van der Waals surface area contributed by atoms with Gasteiger partial charge >= 0.3 is 0 Å². The van der Waals surface area contributed by atoms with Gasteiger partial charge in [-0.25, -0.2) is 18.1 Å². The Balaban J connectivity index is 2.18. The summed E-state index contributed by atoms with van der Waals surface area (Å²) in [4.78, 5) is 4.39. The second kappa shape index (κ2) is 5.28. The van der Waals surface area contributed by atoms with Gasteiger partial charge in [-0.1, -0.05) is 0 Å². The van der Waals surface area contributed by atoms with Gasteiger partial charge in [0.15, 0.2) is 0 Å². The van der Waals surface area contributed by atoms with Gasteiger partial charge in [0, 0.05) is 11.1 Å². The van der Waals surface area contributed by atoms with Crippen LogP contribution in [-0.4, -0.2) is 13.4 Å². The van der Waals surface area contributed by atoms with E-state index in [0.717, 1.165) is 10.6 Å². The summed E-state index contributed by atoms with van der Waals surface area (Å²) in [5.41, 5.74) is 7.62. The normalized spacial score (nSPS) is 11.7. The van der Waals surface area contributed by atoms with E-state index in [-0.39, 0.29) is 11.4 Å². The number of nitrogen functional groups attached to an aromatic ring is 1. The third kappa shape index (κ3) is 3.52. The molecule has 0 aliphatic heterocycles. The van der Waals surface area contributed by atoms with Crippen molar-refractivity contribution in [2.24, 2.45) is 0 Å². The monoisotopic (exact) mass is 297 g/mol. The summed E-state index contributed by atoms with van der Waals surface area (Å²) in [7, 11) is -3.56. The van der Waals surface area contributed by atoms with Crippen LogP contribution in [0.5, 0.6) is 0 Å². The number of nitrogens with zero attached hydrogens (tertiary/aromatic N) is 1. The average Bonchev–Trinajstić information content (AvgIpc) is 2.71. The van der Waals surface area contributed by atoms with Crippen molar-refractivity contribution in [3.05, 3.63) is 39.8 Å². The van der Waals surface area contributed by atoms with Gasteiger partial charge in [-0.2, -0.15) is 0 Å². The lowest BCUT2D eigenvalue weighted by molar-refractivity contribution is 0.580. The molecule has 0 saturated heterocycles. The first-order chi connectivity index (χ1) is 8.87. The first kappa shape index (κ1) is 14.0. The van der Waals surface area contributed by atoms with Crippen LogP contribution in [0, 0.1) is 13.8 Å². The van der Waals surface area contributed by atoms with Crippen molar-refractivity contribution in [2.45, 2.75) is 25.3 Å². The molecule has 1 aromatic heterocycles. The molecule has 19 heavy (non-hydrogen) atoms. The number of thiazole rings is 1. The maximum Gasteiger partial charge on any atom is 0.241 e. The molecule has 0 aliphatic rings. The van der Waals surface area contributed by atoms with Crippen LogP contribution in [0.25, 0.3) is 0 Å². The number of benzene rings is 1. The Kier molecular flexibility index (Phi) is 3.88. The Hall–Kier alpha value is -1.44. The Labute approximate surface area is 116 Å². The van der Waals surface area contributed by atoms with Crippen LogP contribution in [0.2, 0.25) is 0 Å². The number of sulfonamides is 1. The molecule has 0 bridgehead atoms. The molecule has 0 saturated carbocycles. The zero-order valence-electron chi connectivity index (χ0n) is 10.7. The molecule has 3 N–H and O–H groups in total. The molecule has 0 aliphatic carbocycles. The van der Waals surface area contributed by atoms with Crippen molar-refractivity contribution in [3.8, 4) is 0 Å². The van der Waals surface area contributed by atoms with E-state index >= 15 is 0 Å². The largest absolute Gasteiger partial charge is 0.399 e. The highest BCUT2D eigenvalue weighted by Gasteiger charge is 2.15. The first-order valence-electron chi connectivity index (χ1n) is 5.65. The summed E-state index contributed by atoms with van der Waals surface area (Å²) in [6, 6.07) is 4.76. The number of rotatable bonds is 4. The standard InChI is InChI=1S/C12H15N3O2S2/c1-8-3-10(13)5-12(4-8)19(16,17)14-6-11-7-18-9(2)15-11/h3-5,7,14H,6,13H2,1-2H3. The number of hydrogen-bond acceptors (Lipinski definition) is 5. The number of aromatic nitrogens is 1. The molecule has 0 radical (unpaired) electrons. The second-order valence-electron chi connectivity index (χ2n) is 4.26. The molecule has 0 unspecified atom stereocenters. The van der Waals surface area contributed by atoms with Crippen molar-refractivity contribution < 1.29 is 8.42 Å². The second-order valence-corrected chi connectivity index (χ2v) is 7.09. The van der Waals surface area contributed by atoms with Crippen LogP contribution >= 0.6 is 11.3 Å². The van der Waals surface area contributed by atoms with Crippen molar-refractivity contribution in [3.63, 3.8) is 0 Å². The molecule has 0 fully saturated rings. The van der Waals surface area contributed by atoms with Crippen LogP contribution in [-0.2, 0) is 16.6 Å². The Morgan fingerprint density at radius 3 is 2.63 bits per heavy atom. The SMILES string of the molecule is Cc1cc(N)cc(S(=O)(=O)NCc2csc(C)n2)c1. The van der Waals surface area contributed by atoms with Crippen LogP contribution in [0.1, 0.15) is 16.3 Å². The van der Waals surface area contributed by atoms with Crippen molar-refractivity contribution in [2.75, 3.05) is 5.73 Å². The number of anilines is 1. The van der Waals surface area contributed by atoms with E-state index < -0.39 is 10.0 Å². The Morgan fingerprint density at radius 2 is 2.05 bits per heavy atom. The predicted molar refractivity (Wildman–Crippen MR) is 76.5 cm³/mol. The Bertz CT molecular complexity index is 673. The van der Waals surface area contributed by atoms with Crippen LogP contribution in [0.3, 0.4) is 0 Å². The summed E-state index contributed by atoms with van der Waals surface area (Å²) in [6.07, 6.45) is 0. The molecule has 5 nitrogen and oxygen atoms in total. The summed E-state index contributed by atoms with van der Waals surface area (Å²) in [6.45, 7) is 3.86. The smallest absolute Gasteiger partial charge is 0.241 e. The van der Waals surface area contributed by atoms with Crippen molar-refractivity contribution in [1.82, 2.24) is 9.71 Å². The summed E-state index contributed by atoms with van der Waals surface area (Å²) >= 11 is 1.49. The molecule has 0 atom stereocenters. The van der Waals surface area contributed by atoms with Crippen molar-refractivity contribution >= 4 is 27.0 Å². The minimum Gasteiger partial charge on any atom is -0.399 e. The van der Waals surface area contributed by atoms with Crippen molar-refractivity contribution in [1.29, 1.82) is 0 Å². The highest BCUT2D eigenvalue weighted by atomic mass is 32.2. The third-order valence-electron chi connectivity index (χ3n) is 2.49.